The third kappa shape index (κ3) is 3.53. The lowest BCUT2D eigenvalue weighted by Gasteiger charge is -2.13. The molecule has 0 atom stereocenters. The van der Waals surface area contributed by atoms with Crippen LogP contribution in [0, 0.1) is 0 Å². The molecule has 0 aliphatic heterocycles. The average Bonchev–Trinajstić information content (AvgIpc) is 2.61. The summed E-state index contributed by atoms with van der Waals surface area (Å²) in [6, 6.07) is 16.9. The number of urea groups is 1. The van der Waals surface area contributed by atoms with Gasteiger partial charge in [0.25, 0.3) is 0 Å². The number of rotatable bonds is 4. The van der Waals surface area contributed by atoms with Crippen LogP contribution in [0.15, 0.2) is 60.7 Å². The lowest BCUT2D eigenvalue weighted by atomic mass is 10.0. The number of para-hydroxylation sites is 2. The van der Waals surface area contributed by atoms with Gasteiger partial charge in [-0.3, -0.25) is 0 Å². The van der Waals surface area contributed by atoms with Gasteiger partial charge < -0.3 is 20.5 Å². The number of ether oxygens (including phenoxy) is 1. The van der Waals surface area contributed by atoms with E-state index in [1.54, 1.807) is 30.3 Å². The van der Waals surface area contributed by atoms with Gasteiger partial charge in [-0.15, -0.1) is 0 Å². The normalized spacial score (nSPS) is 10.3. The van der Waals surface area contributed by atoms with E-state index in [2.05, 4.69) is 10.6 Å². The Morgan fingerprint density at radius 2 is 1.48 bits per heavy atom. The van der Waals surface area contributed by atoms with Crippen molar-refractivity contribution in [2.24, 2.45) is 0 Å². The molecule has 0 unspecified atom stereocenters. The molecule has 25 heavy (non-hydrogen) atoms. The first-order valence-electron chi connectivity index (χ1n) is 7.55. The number of carboxylic acids is 1. The van der Waals surface area contributed by atoms with Crippen LogP contribution in [0.3, 0.4) is 0 Å². The molecule has 3 N–H and O–H groups in total. The van der Waals surface area contributed by atoms with Gasteiger partial charge in [-0.2, -0.15) is 0 Å². The third-order valence-electron chi connectivity index (χ3n) is 3.72. The SMILES string of the molecule is COc1ccccc1NC(=O)Nc1cc2ccccc2cc1C(=O)O. The highest BCUT2D eigenvalue weighted by molar-refractivity contribution is 6.08. The number of anilines is 2. The maximum Gasteiger partial charge on any atom is 0.337 e. The van der Waals surface area contributed by atoms with Crippen molar-refractivity contribution in [3.8, 4) is 5.75 Å². The Morgan fingerprint density at radius 3 is 2.16 bits per heavy atom. The van der Waals surface area contributed by atoms with Crippen molar-refractivity contribution in [2.75, 3.05) is 17.7 Å². The smallest absolute Gasteiger partial charge is 0.337 e. The Kier molecular flexibility index (Phi) is 4.52. The minimum absolute atomic E-state index is 0.0221. The number of carbonyl (C=O) groups is 2. The molecule has 3 rings (SSSR count). The molecule has 6 nitrogen and oxygen atoms in total. The van der Waals surface area contributed by atoms with Gasteiger partial charge in [0, 0.05) is 0 Å². The van der Waals surface area contributed by atoms with Crippen molar-refractivity contribution >= 4 is 34.1 Å². The molecule has 0 saturated heterocycles. The number of nitrogens with one attached hydrogen (secondary N) is 2. The Hall–Kier alpha value is -3.54. The van der Waals surface area contributed by atoms with Gasteiger partial charge in [-0.1, -0.05) is 36.4 Å². The van der Waals surface area contributed by atoms with E-state index in [0.29, 0.717) is 11.4 Å². The zero-order chi connectivity index (χ0) is 17.8. The van der Waals surface area contributed by atoms with Crippen molar-refractivity contribution in [1.29, 1.82) is 0 Å². The van der Waals surface area contributed by atoms with Crippen LogP contribution in [0.5, 0.6) is 5.75 Å². The van der Waals surface area contributed by atoms with E-state index in [4.69, 9.17) is 4.74 Å². The van der Waals surface area contributed by atoms with Crippen LogP contribution in [-0.2, 0) is 0 Å². The van der Waals surface area contributed by atoms with Gasteiger partial charge in [-0.05, 0) is 35.0 Å². The van der Waals surface area contributed by atoms with Crippen LogP contribution in [0.1, 0.15) is 10.4 Å². The Bertz CT molecular complexity index is 953. The molecule has 0 spiro atoms. The van der Waals surface area contributed by atoms with E-state index in [9.17, 15) is 14.7 Å². The summed E-state index contributed by atoms with van der Waals surface area (Å²) in [6.45, 7) is 0. The quantitative estimate of drug-likeness (QED) is 0.666. The number of fused-ring (bicyclic) bond motifs is 1. The highest BCUT2D eigenvalue weighted by atomic mass is 16.5. The van der Waals surface area contributed by atoms with Crippen molar-refractivity contribution in [1.82, 2.24) is 0 Å². The maximum absolute atomic E-state index is 12.3. The number of carbonyl (C=O) groups excluding carboxylic acids is 1. The van der Waals surface area contributed by atoms with E-state index >= 15 is 0 Å². The third-order valence-corrected chi connectivity index (χ3v) is 3.72. The van der Waals surface area contributed by atoms with Gasteiger partial charge in [0.05, 0.1) is 24.0 Å². The second kappa shape index (κ2) is 6.92. The molecule has 0 fully saturated rings. The predicted molar refractivity (Wildman–Crippen MR) is 96.5 cm³/mol. The van der Waals surface area contributed by atoms with Crippen molar-refractivity contribution in [3.05, 3.63) is 66.2 Å². The number of hydrogen-bond acceptors (Lipinski definition) is 3. The van der Waals surface area contributed by atoms with Crippen LogP contribution < -0.4 is 15.4 Å². The lowest BCUT2D eigenvalue weighted by molar-refractivity contribution is 0.0698. The minimum Gasteiger partial charge on any atom is -0.495 e. The number of aromatic carboxylic acids is 1. The fourth-order valence-electron chi connectivity index (χ4n) is 2.54. The molecule has 0 aliphatic rings. The average molecular weight is 336 g/mol. The number of carboxylic acid groups (broad SMARTS) is 1. The Balaban J connectivity index is 1.90. The molecule has 6 heteroatoms. The van der Waals surface area contributed by atoms with E-state index < -0.39 is 12.0 Å². The van der Waals surface area contributed by atoms with Gasteiger partial charge in [0.2, 0.25) is 0 Å². The van der Waals surface area contributed by atoms with Gasteiger partial charge >= 0.3 is 12.0 Å². The summed E-state index contributed by atoms with van der Waals surface area (Å²) in [5.74, 6) is -0.604. The number of amides is 2. The molecule has 0 saturated carbocycles. The van der Waals surface area contributed by atoms with Gasteiger partial charge in [-0.25, -0.2) is 9.59 Å². The summed E-state index contributed by atoms with van der Waals surface area (Å²) < 4.78 is 5.18. The predicted octanol–water partition coefficient (Wildman–Crippen LogP) is 4.19. The van der Waals surface area contributed by atoms with Gasteiger partial charge in [0.15, 0.2) is 0 Å². The van der Waals surface area contributed by atoms with Crippen LogP contribution in [0.25, 0.3) is 10.8 Å². The first-order chi connectivity index (χ1) is 12.1. The highest BCUT2D eigenvalue weighted by Gasteiger charge is 2.15. The summed E-state index contributed by atoms with van der Waals surface area (Å²) in [5, 5.41) is 16.3. The summed E-state index contributed by atoms with van der Waals surface area (Å²) >= 11 is 0. The lowest BCUT2D eigenvalue weighted by Crippen LogP contribution is -2.21. The molecule has 0 heterocycles. The topological polar surface area (TPSA) is 87.7 Å². The van der Waals surface area contributed by atoms with Crippen molar-refractivity contribution in [2.45, 2.75) is 0 Å². The van der Waals surface area contributed by atoms with Crippen LogP contribution >= 0.6 is 0 Å². The maximum atomic E-state index is 12.3. The first kappa shape index (κ1) is 16.3. The standard InChI is InChI=1S/C19H16N2O4/c1-25-17-9-5-4-8-15(17)20-19(24)21-16-11-13-7-3-2-6-12(13)10-14(16)18(22)23/h2-11H,1H3,(H,22,23)(H2,20,21,24). The first-order valence-corrected chi connectivity index (χ1v) is 7.55. The second-order valence-corrected chi connectivity index (χ2v) is 5.33. The molecule has 0 bridgehead atoms. The monoisotopic (exact) mass is 336 g/mol. The molecule has 3 aromatic rings. The van der Waals surface area contributed by atoms with Crippen LogP contribution in [0.2, 0.25) is 0 Å². The molecule has 126 valence electrons. The molecular formula is C19H16N2O4. The van der Waals surface area contributed by atoms with Crippen LogP contribution in [0.4, 0.5) is 16.2 Å². The zero-order valence-electron chi connectivity index (χ0n) is 13.4. The molecule has 0 radical (unpaired) electrons. The zero-order valence-corrected chi connectivity index (χ0v) is 13.4. The largest absolute Gasteiger partial charge is 0.495 e. The van der Waals surface area contributed by atoms with Crippen molar-refractivity contribution < 1.29 is 19.4 Å². The molecule has 0 aliphatic carbocycles. The van der Waals surface area contributed by atoms with E-state index in [-0.39, 0.29) is 11.3 Å². The van der Waals surface area contributed by atoms with Gasteiger partial charge in [0.1, 0.15) is 5.75 Å². The summed E-state index contributed by atoms with van der Waals surface area (Å²) in [4.78, 5) is 23.8. The molecule has 3 aromatic carbocycles. The molecule has 2 amide bonds. The fourth-order valence-corrected chi connectivity index (χ4v) is 2.54. The second-order valence-electron chi connectivity index (χ2n) is 5.33. The van der Waals surface area contributed by atoms with E-state index in [1.807, 2.05) is 24.3 Å². The number of hydrogen-bond donors (Lipinski definition) is 3. The summed E-state index contributed by atoms with van der Waals surface area (Å²) in [5.41, 5.74) is 0.729. The Labute approximate surface area is 144 Å². The Morgan fingerprint density at radius 1 is 0.880 bits per heavy atom. The summed E-state index contributed by atoms with van der Waals surface area (Å²) in [7, 11) is 1.50. The molecular weight excluding hydrogens is 320 g/mol. The van der Waals surface area contributed by atoms with E-state index in [1.165, 1.54) is 13.2 Å². The van der Waals surface area contributed by atoms with Crippen molar-refractivity contribution in [3.63, 3.8) is 0 Å². The minimum atomic E-state index is -1.11. The van der Waals surface area contributed by atoms with Crippen LogP contribution in [-0.4, -0.2) is 24.2 Å². The van der Waals surface area contributed by atoms with E-state index in [0.717, 1.165) is 10.8 Å². The number of methoxy groups -OCH3 is 1. The molecule has 0 aromatic heterocycles. The number of benzene rings is 3. The highest BCUT2D eigenvalue weighted by Crippen LogP contribution is 2.26. The fraction of sp³-hybridized carbons (Fsp3) is 0.0526. The summed E-state index contributed by atoms with van der Waals surface area (Å²) in [6.07, 6.45) is 0.